The van der Waals surface area contributed by atoms with E-state index in [2.05, 4.69) is 146 Å². The minimum atomic E-state index is 0. The van der Waals surface area contributed by atoms with Gasteiger partial charge < -0.3 is 24.8 Å². The fraction of sp³-hybridized carbons (Fsp3) is 0.282. The number of rotatable bonds is 2. The van der Waals surface area contributed by atoms with Gasteiger partial charge in [-0.3, -0.25) is 6.08 Å². The topological polar surface area (TPSA) is 0 Å². The second kappa shape index (κ2) is 13.6. The first-order chi connectivity index (χ1) is 19.0. The van der Waals surface area contributed by atoms with Gasteiger partial charge in [-0.25, -0.2) is 17.7 Å². The van der Waals surface area contributed by atoms with Gasteiger partial charge in [-0.2, -0.15) is 23.3 Å². The number of hydrogen-bond acceptors (Lipinski definition) is 0. The van der Waals surface area contributed by atoms with Crippen molar-refractivity contribution in [2.75, 3.05) is 0 Å². The first-order valence-electron chi connectivity index (χ1n) is 14.5. The van der Waals surface area contributed by atoms with Gasteiger partial charge in [-0.1, -0.05) is 71.2 Å². The predicted molar refractivity (Wildman–Crippen MR) is 170 cm³/mol. The van der Waals surface area contributed by atoms with E-state index in [1.165, 1.54) is 91.9 Å². The molecule has 4 aromatic carbocycles. The molecule has 0 saturated carbocycles. The quantitative estimate of drug-likeness (QED) is 0.251. The SMILES string of the molecule is CC1(C)[C-]=Cc2cc3c(cc21)Cc1cc2c(cc1-3)C=CC2(C)C.CC[C](=[Zr+2])c1ccccc1.Cc1c[cH-]c(C)c1.[Cl-].[Cl-]. The Bertz CT molecular complexity index is 1540. The zero-order valence-corrected chi connectivity index (χ0v) is 29.8. The normalized spacial score (nSPS) is 15.0. The summed E-state index contributed by atoms with van der Waals surface area (Å²) in [5.41, 5.74) is 15.8. The fourth-order valence-corrected chi connectivity index (χ4v) is 6.37. The number of allylic oxidation sites excluding steroid dienone is 2. The van der Waals surface area contributed by atoms with Crippen LogP contribution >= 0.6 is 0 Å². The predicted octanol–water partition coefficient (Wildman–Crippen LogP) is 3.86. The van der Waals surface area contributed by atoms with Crippen molar-refractivity contribution in [3.05, 3.63) is 135 Å². The minimum Gasteiger partial charge on any atom is -1.00 e. The van der Waals surface area contributed by atoms with Crippen molar-refractivity contribution in [1.29, 1.82) is 0 Å². The van der Waals surface area contributed by atoms with Crippen LogP contribution in [0.2, 0.25) is 0 Å². The summed E-state index contributed by atoms with van der Waals surface area (Å²) in [6, 6.07) is 26.7. The van der Waals surface area contributed by atoms with Crippen LogP contribution in [-0.4, -0.2) is 3.21 Å². The monoisotopic (exact) mass is 668 g/mol. The Morgan fingerprint density at radius 1 is 0.857 bits per heavy atom. The molecule has 0 fully saturated rings. The van der Waals surface area contributed by atoms with Gasteiger partial charge in [0.1, 0.15) is 0 Å². The van der Waals surface area contributed by atoms with Crippen LogP contribution in [0.1, 0.15) is 91.1 Å². The summed E-state index contributed by atoms with van der Waals surface area (Å²) in [5.74, 6) is 0. The maximum absolute atomic E-state index is 3.50. The molecule has 0 aliphatic heterocycles. The first kappa shape index (κ1) is 34.3. The van der Waals surface area contributed by atoms with E-state index in [1.807, 2.05) is 0 Å². The zero-order chi connectivity index (χ0) is 28.7. The third kappa shape index (κ3) is 7.13. The maximum atomic E-state index is 3.50. The molecule has 3 aliphatic rings. The number of benzene rings is 3. The van der Waals surface area contributed by atoms with Gasteiger partial charge in [0.15, 0.2) is 0 Å². The standard InChI is InChI=1S/C23H21.C9H10.C7H9.2ClH.Zr/c1-22(2)7-5-14-10-18-16(12-20(14)22)9-17-13-21-15(11-19(17)18)6-8-23(21,3)4;1-2-6-9-7-4-3-5-8-9;1-6-3-4-7(2)5-6;;;/h5-7,10-13H,9H2,1-4H3;3-5,7-8H,2H2,1H3;3-5H,1-2H3;2*1H;/q-1;;-1;;;+2/p-2. The molecule has 0 amide bonds. The largest absolute Gasteiger partial charge is 1.00 e. The summed E-state index contributed by atoms with van der Waals surface area (Å²) in [6.45, 7) is 15.5. The Hall–Kier alpha value is -2.18. The fourth-order valence-electron chi connectivity index (χ4n) is 5.96. The molecule has 216 valence electrons. The molecule has 0 heterocycles. The van der Waals surface area contributed by atoms with Crippen LogP contribution in [0, 0.1) is 19.9 Å². The van der Waals surface area contributed by atoms with E-state index in [0.29, 0.717) is 0 Å². The Labute approximate surface area is 280 Å². The Kier molecular flexibility index (Phi) is 11.1. The Morgan fingerprint density at radius 3 is 2.02 bits per heavy atom. The second-order valence-corrected chi connectivity index (χ2v) is 14.0. The molecule has 0 nitrogen and oxygen atoms in total. The van der Waals surface area contributed by atoms with E-state index in [-0.39, 0.29) is 35.6 Å². The van der Waals surface area contributed by atoms with Crippen molar-refractivity contribution in [3.63, 3.8) is 0 Å². The second-order valence-electron chi connectivity index (χ2n) is 12.5. The number of halogens is 2. The van der Waals surface area contributed by atoms with E-state index in [4.69, 9.17) is 0 Å². The van der Waals surface area contributed by atoms with E-state index in [9.17, 15) is 0 Å². The summed E-state index contributed by atoms with van der Waals surface area (Å²) in [4.78, 5) is 0. The summed E-state index contributed by atoms with van der Waals surface area (Å²) >= 11 is 1.54. The van der Waals surface area contributed by atoms with Crippen molar-refractivity contribution in [2.24, 2.45) is 0 Å². The van der Waals surface area contributed by atoms with E-state index in [0.717, 1.165) is 6.42 Å². The molecule has 0 radical (unpaired) electrons. The molecule has 0 atom stereocenters. The van der Waals surface area contributed by atoms with Crippen molar-refractivity contribution in [2.45, 2.75) is 72.1 Å². The molecule has 0 N–H and O–H groups in total. The van der Waals surface area contributed by atoms with E-state index < -0.39 is 0 Å². The van der Waals surface area contributed by atoms with Crippen LogP contribution in [0.4, 0.5) is 0 Å². The number of aryl methyl sites for hydroxylation is 2. The van der Waals surface area contributed by atoms with Gasteiger partial charge in [0.05, 0.1) is 0 Å². The Morgan fingerprint density at radius 2 is 1.48 bits per heavy atom. The van der Waals surface area contributed by atoms with E-state index in [1.54, 1.807) is 3.21 Å². The molecular weight excluding hydrogens is 631 g/mol. The molecule has 42 heavy (non-hydrogen) atoms. The number of fused-ring (bicyclic) bond motifs is 5. The van der Waals surface area contributed by atoms with Crippen LogP contribution < -0.4 is 24.8 Å². The summed E-state index contributed by atoms with van der Waals surface area (Å²) in [7, 11) is 0. The first-order valence-corrected chi connectivity index (χ1v) is 15.7. The van der Waals surface area contributed by atoms with Crippen LogP contribution in [0.25, 0.3) is 23.3 Å². The molecule has 0 aromatic heterocycles. The van der Waals surface area contributed by atoms with Crippen LogP contribution in [-0.2, 0) is 41.5 Å². The smallest absolute Gasteiger partial charge is 0.0635 e. The Balaban J connectivity index is 0.000000213. The third-order valence-electron chi connectivity index (χ3n) is 8.40. The summed E-state index contributed by atoms with van der Waals surface area (Å²) < 4.78 is 1.55. The summed E-state index contributed by atoms with van der Waals surface area (Å²) in [5, 5.41) is 0. The van der Waals surface area contributed by atoms with Gasteiger partial charge in [-0.15, -0.1) is 11.6 Å². The zero-order valence-electron chi connectivity index (χ0n) is 25.8. The molecule has 4 aromatic rings. The maximum Gasteiger partial charge on any atom is -0.0635 e. The molecule has 0 unspecified atom stereocenters. The van der Waals surface area contributed by atoms with Gasteiger partial charge in [0.2, 0.25) is 0 Å². The molecule has 0 spiro atoms. The van der Waals surface area contributed by atoms with Gasteiger partial charge in [-0.05, 0) is 45.9 Å². The van der Waals surface area contributed by atoms with Crippen LogP contribution in [0.3, 0.4) is 0 Å². The summed E-state index contributed by atoms with van der Waals surface area (Å²) in [6.07, 6.45) is 12.5. The van der Waals surface area contributed by atoms with Crippen molar-refractivity contribution >= 4 is 15.4 Å². The van der Waals surface area contributed by atoms with Crippen molar-refractivity contribution in [3.8, 4) is 11.1 Å². The third-order valence-corrected chi connectivity index (χ3v) is 9.98. The van der Waals surface area contributed by atoms with Crippen LogP contribution in [0.15, 0.2) is 78.9 Å². The molecule has 3 aliphatic carbocycles. The van der Waals surface area contributed by atoms with Gasteiger partial charge >= 0.3 is 76.7 Å². The molecule has 3 heteroatoms. The number of hydrogen-bond donors (Lipinski definition) is 0. The molecule has 0 saturated heterocycles. The molecule has 0 bridgehead atoms. The van der Waals surface area contributed by atoms with E-state index >= 15 is 0 Å². The van der Waals surface area contributed by atoms with Crippen molar-refractivity contribution in [1.82, 2.24) is 0 Å². The van der Waals surface area contributed by atoms with Crippen molar-refractivity contribution < 1.29 is 49.0 Å². The average Bonchev–Trinajstić information content (AvgIpc) is 3.66. The average molecular weight is 671 g/mol. The van der Waals surface area contributed by atoms with Gasteiger partial charge in [0.25, 0.3) is 0 Å². The minimum absolute atomic E-state index is 0. The molecule has 7 rings (SSSR count). The van der Waals surface area contributed by atoms with Crippen LogP contribution in [0.5, 0.6) is 0 Å². The molecular formula is C39H40Cl2Zr-2. The van der Waals surface area contributed by atoms with Gasteiger partial charge in [0, 0.05) is 5.41 Å².